The quantitative estimate of drug-likeness (QED) is 0.472. The minimum atomic E-state index is -0.975. The molecule has 26 heavy (non-hydrogen) atoms. The molecule has 0 aliphatic heterocycles. The van der Waals surface area contributed by atoms with Crippen LogP contribution in [0.15, 0.2) is 71.6 Å². The Morgan fingerprint density at radius 2 is 2.04 bits per heavy atom. The summed E-state index contributed by atoms with van der Waals surface area (Å²) in [5.74, 6) is 0.0433. The molecule has 1 atom stereocenters. The molecule has 1 N–H and O–H groups in total. The van der Waals surface area contributed by atoms with Gasteiger partial charge in [0, 0.05) is 39.5 Å². The molecule has 0 saturated heterocycles. The van der Waals surface area contributed by atoms with E-state index in [9.17, 15) is 9.50 Å². The van der Waals surface area contributed by atoms with Gasteiger partial charge in [0.25, 0.3) is 0 Å². The zero-order valence-corrected chi connectivity index (χ0v) is 15.0. The Kier molecular flexibility index (Phi) is 4.59. The zero-order chi connectivity index (χ0) is 18.1. The number of halogens is 2. The SMILES string of the molecule is OC(c1cccnc1)c1c(-c2ccc(Cl)s2)coc1-c1cccc(F)c1. The first-order valence-corrected chi connectivity index (χ1v) is 9.04. The smallest absolute Gasteiger partial charge is 0.140 e. The van der Waals surface area contributed by atoms with Crippen molar-refractivity contribution in [1.82, 2.24) is 4.98 Å². The topological polar surface area (TPSA) is 46.3 Å². The number of pyridine rings is 1. The van der Waals surface area contributed by atoms with E-state index in [-0.39, 0.29) is 5.82 Å². The molecular formula is C20H13ClFNO2S. The number of benzene rings is 1. The Labute approximate surface area is 158 Å². The molecule has 0 bridgehead atoms. The van der Waals surface area contributed by atoms with Gasteiger partial charge in [0.2, 0.25) is 0 Å². The summed E-state index contributed by atoms with van der Waals surface area (Å²) in [6.07, 6.45) is 3.82. The third kappa shape index (κ3) is 3.17. The molecule has 4 rings (SSSR count). The normalized spacial score (nSPS) is 12.3. The average Bonchev–Trinajstić information content (AvgIpc) is 3.28. The van der Waals surface area contributed by atoms with E-state index in [2.05, 4.69) is 4.98 Å². The average molecular weight is 386 g/mol. The fraction of sp³-hybridized carbons (Fsp3) is 0.0500. The van der Waals surface area contributed by atoms with Gasteiger partial charge in [-0.2, -0.15) is 0 Å². The number of thiophene rings is 1. The van der Waals surface area contributed by atoms with Crippen molar-refractivity contribution in [3.05, 3.63) is 88.5 Å². The molecule has 130 valence electrons. The van der Waals surface area contributed by atoms with Gasteiger partial charge in [-0.05, 0) is 30.3 Å². The molecule has 0 aliphatic carbocycles. The first kappa shape index (κ1) is 17.0. The van der Waals surface area contributed by atoms with Gasteiger partial charge < -0.3 is 9.52 Å². The van der Waals surface area contributed by atoms with E-state index >= 15 is 0 Å². The van der Waals surface area contributed by atoms with Crippen LogP contribution in [0.5, 0.6) is 0 Å². The molecule has 0 amide bonds. The zero-order valence-electron chi connectivity index (χ0n) is 13.4. The van der Waals surface area contributed by atoms with E-state index in [0.717, 1.165) is 10.4 Å². The lowest BCUT2D eigenvalue weighted by Crippen LogP contribution is -2.02. The number of rotatable bonds is 4. The molecule has 1 unspecified atom stereocenters. The van der Waals surface area contributed by atoms with Crippen LogP contribution < -0.4 is 0 Å². The van der Waals surface area contributed by atoms with Gasteiger partial charge in [-0.3, -0.25) is 4.98 Å². The van der Waals surface area contributed by atoms with Crippen molar-refractivity contribution in [2.75, 3.05) is 0 Å². The number of furan rings is 1. The summed E-state index contributed by atoms with van der Waals surface area (Å²) in [5, 5.41) is 11.0. The lowest BCUT2D eigenvalue weighted by Gasteiger charge is -2.13. The summed E-state index contributed by atoms with van der Waals surface area (Å²) in [6.45, 7) is 0. The number of aliphatic hydroxyl groups is 1. The third-order valence-corrected chi connectivity index (χ3v) is 5.29. The van der Waals surface area contributed by atoms with Crippen LogP contribution >= 0.6 is 22.9 Å². The molecule has 3 heterocycles. The van der Waals surface area contributed by atoms with E-state index in [4.69, 9.17) is 16.0 Å². The van der Waals surface area contributed by atoms with Crippen molar-refractivity contribution in [3.63, 3.8) is 0 Å². The van der Waals surface area contributed by atoms with Gasteiger partial charge in [0.1, 0.15) is 23.9 Å². The van der Waals surface area contributed by atoms with Crippen LogP contribution in [0, 0.1) is 5.82 Å². The molecule has 6 heteroatoms. The Morgan fingerprint density at radius 1 is 1.15 bits per heavy atom. The summed E-state index contributed by atoms with van der Waals surface area (Å²) < 4.78 is 20.1. The highest BCUT2D eigenvalue weighted by molar-refractivity contribution is 7.19. The van der Waals surface area contributed by atoms with Crippen molar-refractivity contribution >= 4 is 22.9 Å². The largest absolute Gasteiger partial charge is 0.463 e. The predicted octanol–water partition coefficient (Wildman–Crippen LogP) is 5.94. The fourth-order valence-corrected chi connectivity index (χ4v) is 3.91. The Hall–Kier alpha value is -2.47. The standard InChI is InChI=1S/C20H13ClFNO2S/c21-17-7-6-16(26-17)15-11-25-20(12-3-1-5-14(22)9-12)18(15)19(24)13-4-2-8-23-10-13/h1-11,19,24H. The third-order valence-electron chi connectivity index (χ3n) is 4.03. The summed E-state index contributed by atoms with van der Waals surface area (Å²) in [5.41, 5.74) is 2.45. The second kappa shape index (κ2) is 7.03. The number of nitrogens with zero attached hydrogens (tertiary/aromatic N) is 1. The van der Waals surface area contributed by atoms with Gasteiger partial charge in [0.15, 0.2) is 0 Å². The van der Waals surface area contributed by atoms with Crippen molar-refractivity contribution in [1.29, 1.82) is 0 Å². The first-order chi connectivity index (χ1) is 12.6. The maximum atomic E-state index is 13.7. The van der Waals surface area contributed by atoms with Crippen LogP contribution in [0.25, 0.3) is 21.8 Å². The highest BCUT2D eigenvalue weighted by Gasteiger charge is 2.25. The van der Waals surface area contributed by atoms with Crippen LogP contribution in [-0.4, -0.2) is 10.1 Å². The fourth-order valence-electron chi connectivity index (χ4n) is 2.85. The van der Waals surface area contributed by atoms with Crippen molar-refractivity contribution in [2.45, 2.75) is 6.10 Å². The second-order valence-electron chi connectivity index (χ2n) is 5.70. The van der Waals surface area contributed by atoms with Crippen LogP contribution in [-0.2, 0) is 0 Å². The van der Waals surface area contributed by atoms with Gasteiger partial charge in [-0.25, -0.2) is 4.39 Å². The minimum Gasteiger partial charge on any atom is -0.463 e. The molecule has 0 radical (unpaired) electrons. The molecule has 0 fully saturated rings. The number of hydrogen-bond acceptors (Lipinski definition) is 4. The summed E-state index contributed by atoms with van der Waals surface area (Å²) in [7, 11) is 0. The molecule has 0 spiro atoms. The van der Waals surface area contributed by atoms with E-state index in [1.54, 1.807) is 49.0 Å². The molecule has 4 aromatic rings. The van der Waals surface area contributed by atoms with E-state index < -0.39 is 6.10 Å². The Bertz CT molecular complexity index is 1040. The van der Waals surface area contributed by atoms with Gasteiger partial charge in [0.05, 0.1) is 4.34 Å². The van der Waals surface area contributed by atoms with Crippen LogP contribution in [0.2, 0.25) is 4.34 Å². The number of hydrogen-bond donors (Lipinski definition) is 1. The monoisotopic (exact) mass is 385 g/mol. The molecule has 3 aromatic heterocycles. The van der Waals surface area contributed by atoms with Gasteiger partial charge >= 0.3 is 0 Å². The number of aliphatic hydroxyl groups excluding tert-OH is 1. The molecule has 1 aromatic carbocycles. The van der Waals surface area contributed by atoms with Crippen molar-refractivity contribution in [3.8, 4) is 21.8 Å². The van der Waals surface area contributed by atoms with Gasteiger partial charge in [-0.15, -0.1) is 11.3 Å². The number of aromatic nitrogens is 1. The first-order valence-electron chi connectivity index (χ1n) is 7.84. The summed E-state index contributed by atoms with van der Waals surface area (Å²) in [6, 6.07) is 13.3. The second-order valence-corrected chi connectivity index (χ2v) is 7.41. The Balaban J connectivity index is 1.91. The van der Waals surface area contributed by atoms with Gasteiger partial charge in [-0.1, -0.05) is 29.8 Å². The van der Waals surface area contributed by atoms with Crippen LogP contribution in [0.1, 0.15) is 17.2 Å². The summed E-state index contributed by atoms with van der Waals surface area (Å²) in [4.78, 5) is 4.93. The highest BCUT2D eigenvalue weighted by Crippen LogP contribution is 2.43. The maximum absolute atomic E-state index is 13.7. The van der Waals surface area contributed by atoms with E-state index in [1.165, 1.54) is 23.5 Å². The maximum Gasteiger partial charge on any atom is 0.140 e. The molecule has 0 saturated carbocycles. The predicted molar refractivity (Wildman–Crippen MR) is 101 cm³/mol. The molecule has 3 nitrogen and oxygen atoms in total. The van der Waals surface area contributed by atoms with Crippen molar-refractivity contribution < 1.29 is 13.9 Å². The lowest BCUT2D eigenvalue weighted by molar-refractivity contribution is 0.220. The Morgan fingerprint density at radius 3 is 2.73 bits per heavy atom. The van der Waals surface area contributed by atoms with E-state index in [0.29, 0.717) is 26.8 Å². The molecular weight excluding hydrogens is 373 g/mol. The molecule has 0 aliphatic rings. The van der Waals surface area contributed by atoms with Crippen molar-refractivity contribution in [2.24, 2.45) is 0 Å². The van der Waals surface area contributed by atoms with Crippen LogP contribution in [0.4, 0.5) is 4.39 Å². The lowest BCUT2D eigenvalue weighted by atomic mass is 9.96. The summed E-state index contributed by atoms with van der Waals surface area (Å²) >= 11 is 7.45. The van der Waals surface area contributed by atoms with E-state index in [1.807, 2.05) is 6.07 Å². The minimum absolute atomic E-state index is 0.374. The highest BCUT2D eigenvalue weighted by atomic mass is 35.5. The van der Waals surface area contributed by atoms with Crippen LogP contribution in [0.3, 0.4) is 0 Å².